The van der Waals surface area contributed by atoms with Gasteiger partial charge in [-0.15, -0.1) is 0 Å². The second-order valence-corrected chi connectivity index (χ2v) is 4.17. The molecular weight excluding hydrogens is 216 g/mol. The number of carbonyl (C=O) groups is 1. The largest absolute Gasteiger partial charge is 0.479 e. The number of benzene rings is 1. The van der Waals surface area contributed by atoms with Crippen LogP contribution in [0.2, 0.25) is 0 Å². The molecule has 0 saturated carbocycles. The zero-order valence-electron chi connectivity index (χ0n) is 9.85. The van der Waals surface area contributed by atoms with Crippen LogP contribution in [0.1, 0.15) is 24.5 Å². The summed E-state index contributed by atoms with van der Waals surface area (Å²) in [6, 6.07) is 7.62. The van der Waals surface area contributed by atoms with Gasteiger partial charge < -0.3 is 9.84 Å². The molecule has 0 spiro atoms. The molecule has 3 heteroatoms. The molecule has 1 aromatic rings. The molecule has 0 aromatic heterocycles. The molecule has 0 saturated heterocycles. The molecular formula is C14H16O3. The molecule has 0 aliphatic heterocycles. The summed E-state index contributed by atoms with van der Waals surface area (Å²) in [4.78, 5) is 11.5. The van der Waals surface area contributed by atoms with Crippen LogP contribution in [-0.2, 0) is 21.6 Å². The summed E-state index contributed by atoms with van der Waals surface area (Å²) in [5.74, 6) is -0.896. The highest BCUT2D eigenvalue weighted by molar-refractivity contribution is 5.81. The number of allylic oxidation sites excluding steroid dienone is 1. The van der Waals surface area contributed by atoms with Gasteiger partial charge in [0.1, 0.15) is 0 Å². The Balaban J connectivity index is 2.34. The Morgan fingerprint density at radius 3 is 3.00 bits per heavy atom. The van der Waals surface area contributed by atoms with Gasteiger partial charge in [0.25, 0.3) is 0 Å². The molecule has 17 heavy (non-hydrogen) atoms. The summed E-state index contributed by atoms with van der Waals surface area (Å²) in [5, 5.41) is 9.46. The van der Waals surface area contributed by atoms with Crippen molar-refractivity contribution in [3.05, 3.63) is 47.5 Å². The van der Waals surface area contributed by atoms with E-state index in [1.807, 2.05) is 43.3 Å². The number of hydrogen-bond acceptors (Lipinski definition) is 2. The van der Waals surface area contributed by atoms with Gasteiger partial charge in [-0.25, -0.2) is 4.79 Å². The van der Waals surface area contributed by atoms with Gasteiger partial charge >= 0.3 is 5.97 Å². The maximum Gasteiger partial charge on any atom is 0.340 e. The van der Waals surface area contributed by atoms with Crippen LogP contribution < -0.4 is 0 Å². The first-order valence-electron chi connectivity index (χ1n) is 5.77. The number of carboxylic acids is 1. The van der Waals surface area contributed by atoms with Crippen LogP contribution in [0.3, 0.4) is 0 Å². The highest BCUT2D eigenvalue weighted by Crippen LogP contribution is 2.40. The van der Waals surface area contributed by atoms with Crippen molar-refractivity contribution in [3.8, 4) is 0 Å². The van der Waals surface area contributed by atoms with Crippen molar-refractivity contribution in [2.45, 2.75) is 25.4 Å². The molecule has 2 rings (SSSR count). The standard InChI is InChI=1S/C14H16O3/c1-2-3-10-17-14(13(15)16)9-8-11-6-4-5-7-12(11)14/h2-7H,8-10H2,1H3,(H,15,16). The molecule has 1 atom stereocenters. The first-order chi connectivity index (χ1) is 8.20. The highest BCUT2D eigenvalue weighted by Gasteiger charge is 2.46. The van der Waals surface area contributed by atoms with Gasteiger partial charge in [0, 0.05) is 0 Å². The second kappa shape index (κ2) is 4.72. The SMILES string of the molecule is CC=CCOC1(C(=O)O)CCc2ccccc21. The molecule has 3 nitrogen and oxygen atoms in total. The first kappa shape index (κ1) is 11.9. The Kier molecular flexibility index (Phi) is 3.29. The van der Waals surface area contributed by atoms with Crippen LogP contribution in [0.4, 0.5) is 0 Å². The van der Waals surface area contributed by atoms with Crippen LogP contribution in [-0.4, -0.2) is 17.7 Å². The lowest BCUT2D eigenvalue weighted by Crippen LogP contribution is -2.36. The van der Waals surface area contributed by atoms with Crippen molar-refractivity contribution >= 4 is 5.97 Å². The van der Waals surface area contributed by atoms with E-state index in [-0.39, 0.29) is 0 Å². The summed E-state index contributed by atoms with van der Waals surface area (Å²) in [6.45, 7) is 2.22. The molecule has 1 aromatic carbocycles. The van der Waals surface area contributed by atoms with Crippen LogP contribution in [0.5, 0.6) is 0 Å². The molecule has 0 bridgehead atoms. The number of aliphatic carboxylic acids is 1. The second-order valence-electron chi connectivity index (χ2n) is 4.17. The van der Waals surface area contributed by atoms with Crippen LogP contribution >= 0.6 is 0 Å². The maximum absolute atomic E-state index is 11.5. The Hall–Kier alpha value is -1.61. The number of fused-ring (bicyclic) bond motifs is 1. The Labute approximate surface area is 101 Å². The third kappa shape index (κ3) is 1.98. The number of carboxylic acid groups (broad SMARTS) is 1. The van der Waals surface area contributed by atoms with Crippen LogP contribution in [0, 0.1) is 0 Å². The fraction of sp³-hybridized carbons (Fsp3) is 0.357. The molecule has 1 aliphatic rings. The third-order valence-corrected chi connectivity index (χ3v) is 3.21. The molecule has 0 fully saturated rings. The zero-order valence-corrected chi connectivity index (χ0v) is 9.85. The maximum atomic E-state index is 11.5. The normalized spacial score (nSPS) is 22.9. The Morgan fingerprint density at radius 2 is 2.29 bits per heavy atom. The first-order valence-corrected chi connectivity index (χ1v) is 5.77. The van der Waals surface area contributed by atoms with Gasteiger partial charge in [-0.1, -0.05) is 36.4 Å². The summed E-state index contributed by atoms with van der Waals surface area (Å²) < 4.78 is 5.63. The number of hydrogen-bond donors (Lipinski definition) is 1. The average Bonchev–Trinajstić information content (AvgIpc) is 2.70. The number of rotatable bonds is 4. The monoisotopic (exact) mass is 232 g/mol. The minimum atomic E-state index is -1.16. The van der Waals surface area contributed by atoms with E-state index in [0.717, 1.165) is 17.5 Å². The van der Waals surface area contributed by atoms with Crippen molar-refractivity contribution in [2.24, 2.45) is 0 Å². The van der Waals surface area contributed by atoms with E-state index in [1.165, 1.54) is 0 Å². The average molecular weight is 232 g/mol. The highest BCUT2D eigenvalue weighted by atomic mass is 16.5. The predicted molar refractivity (Wildman–Crippen MR) is 64.8 cm³/mol. The molecule has 0 radical (unpaired) electrons. The van der Waals surface area contributed by atoms with Gasteiger partial charge in [0.15, 0.2) is 5.60 Å². The molecule has 1 aliphatic carbocycles. The van der Waals surface area contributed by atoms with Gasteiger partial charge in [0.05, 0.1) is 6.61 Å². The van der Waals surface area contributed by atoms with E-state index < -0.39 is 11.6 Å². The van der Waals surface area contributed by atoms with Crippen LogP contribution in [0.15, 0.2) is 36.4 Å². The summed E-state index contributed by atoms with van der Waals surface area (Å²) in [7, 11) is 0. The van der Waals surface area contributed by atoms with E-state index in [2.05, 4.69) is 0 Å². The van der Waals surface area contributed by atoms with Crippen molar-refractivity contribution in [3.63, 3.8) is 0 Å². The third-order valence-electron chi connectivity index (χ3n) is 3.21. The Bertz CT molecular complexity index is 451. The minimum Gasteiger partial charge on any atom is -0.479 e. The van der Waals surface area contributed by atoms with Crippen LogP contribution in [0.25, 0.3) is 0 Å². The zero-order chi connectivity index (χ0) is 12.3. The van der Waals surface area contributed by atoms with Crippen molar-refractivity contribution in [2.75, 3.05) is 6.61 Å². The van der Waals surface area contributed by atoms with E-state index in [4.69, 9.17) is 4.74 Å². The van der Waals surface area contributed by atoms with Gasteiger partial charge in [-0.2, -0.15) is 0 Å². The fourth-order valence-electron chi connectivity index (χ4n) is 2.30. The summed E-state index contributed by atoms with van der Waals surface area (Å²) in [6.07, 6.45) is 4.96. The number of aryl methyl sites for hydroxylation is 1. The minimum absolute atomic E-state index is 0.330. The topological polar surface area (TPSA) is 46.5 Å². The Morgan fingerprint density at radius 1 is 1.53 bits per heavy atom. The molecule has 1 unspecified atom stereocenters. The quantitative estimate of drug-likeness (QED) is 0.811. The van der Waals surface area contributed by atoms with Gasteiger partial charge in [0.2, 0.25) is 0 Å². The smallest absolute Gasteiger partial charge is 0.340 e. The lowest BCUT2D eigenvalue weighted by molar-refractivity contribution is -0.166. The fourth-order valence-corrected chi connectivity index (χ4v) is 2.30. The molecule has 0 amide bonds. The van der Waals surface area contributed by atoms with Crippen molar-refractivity contribution in [1.82, 2.24) is 0 Å². The molecule has 0 heterocycles. The van der Waals surface area contributed by atoms with Gasteiger partial charge in [-0.3, -0.25) is 0 Å². The van der Waals surface area contributed by atoms with E-state index >= 15 is 0 Å². The summed E-state index contributed by atoms with van der Waals surface area (Å²) in [5.41, 5.74) is 0.725. The number of ether oxygens (including phenoxy) is 1. The van der Waals surface area contributed by atoms with Gasteiger partial charge in [-0.05, 0) is 30.9 Å². The van der Waals surface area contributed by atoms with E-state index in [9.17, 15) is 9.90 Å². The van der Waals surface area contributed by atoms with E-state index in [0.29, 0.717) is 13.0 Å². The lowest BCUT2D eigenvalue weighted by atomic mass is 9.96. The molecule has 1 N–H and O–H groups in total. The van der Waals surface area contributed by atoms with E-state index in [1.54, 1.807) is 0 Å². The van der Waals surface area contributed by atoms with Crippen molar-refractivity contribution in [1.29, 1.82) is 0 Å². The lowest BCUT2D eigenvalue weighted by Gasteiger charge is -2.25. The summed E-state index contributed by atoms with van der Waals surface area (Å²) >= 11 is 0. The molecule has 90 valence electrons. The predicted octanol–water partition coefficient (Wildman–Crippen LogP) is 2.51. The van der Waals surface area contributed by atoms with Crippen molar-refractivity contribution < 1.29 is 14.6 Å².